The summed E-state index contributed by atoms with van der Waals surface area (Å²) in [5, 5.41) is 5.78. The number of nitrogens with one attached hydrogen (secondary N) is 1. The van der Waals surface area contributed by atoms with Crippen molar-refractivity contribution in [1.29, 1.82) is 0 Å². The second kappa shape index (κ2) is 7.51. The molecule has 0 saturated heterocycles. The van der Waals surface area contributed by atoms with Gasteiger partial charge < -0.3 is 9.73 Å². The van der Waals surface area contributed by atoms with E-state index < -0.39 is 0 Å². The molecule has 0 radical (unpaired) electrons. The molecule has 1 N–H and O–H groups in total. The van der Waals surface area contributed by atoms with Gasteiger partial charge in [-0.25, -0.2) is 4.98 Å². The zero-order chi connectivity index (χ0) is 15.9. The fourth-order valence-corrected chi connectivity index (χ4v) is 2.75. The molecule has 3 aromatic heterocycles. The molecule has 5 nitrogen and oxygen atoms in total. The van der Waals surface area contributed by atoms with Crippen molar-refractivity contribution in [2.45, 2.75) is 6.42 Å². The number of hydrogen-bond acceptors (Lipinski definition) is 5. The summed E-state index contributed by atoms with van der Waals surface area (Å²) in [5.41, 5.74) is 1.73. The Hall–Kier alpha value is -2.73. The molecule has 3 rings (SSSR count). The smallest absolute Gasteiger partial charge is 0.244 e. The van der Waals surface area contributed by atoms with Crippen LogP contribution in [0.3, 0.4) is 0 Å². The van der Waals surface area contributed by atoms with Gasteiger partial charge in [-0.1, -0.05) is 6.07 Å². The van der Waals surface area contributed by atoms with E-state index in [-0.39, 0.29) is 5.91 Å². The summed E-state index contributed by atoms with van der Waals surface area (Å²) in [5.74, 6) is 0.503. The van der Waals surface area contributed by atoms with Crippen LogP contribution in [0.15, 0.2) is 58.7 Å². The summed E-state index contributed by atoms with van der Waals surface area (Å²) in [6.45, 7) is 0.538. The van der Waals surface area contributed by atoms with Crippen LogP contribution in [0.25, 0.3) is 17.5 Å². The zero-order valence-electron chi connectivity index (χ0n) is 12.3. The molecular formula is C17H15N3O2S. The highest BCUT2D eigenvalue weighted by Gasteiger charge is 2.05. The maximum atomic E-state index is 11.7. The van der Waals surface area contributed by atoms with Gasteiger partial charge in [0, 0.05) is 30.6 Å². The lowest BCUT2D eigenvalue weighted by Crippen LogP contribution is -2.23. The fraction of sp³-hybridized carbons (Fsp3) is 0.118. The van der Waals surface area contributed by atoms with Gasteiger partial charge >= 0.3 is 0 Å². The Kier molecular flexibility index (Phi) is 4.95. The van der Waals surface area contributed by atoms with Gasteiger partial charge in [0.05, 0.1) is 22.7 Å². The van der Waals surface area contributed by atoms with Gasteiger partial charge in [-0.05, 0) is 30.3 Å². The zero-order valence-corrected chi connectivity index (χ0v) is 13.1. The van der Waals surface area contributed by atoms with Crippen LogP contribution in [0.4, 0.5) is 0 Å². The minimum absolute atomic E-state index is 0.150. The topological polar surface area (TPSA) is 68.0 Å². The Labute approximate surface area is 137 Å². The highest BCUT2D eigenvalue weighted by Crippen LogP contribution is 2.19. The second-order valence-corrected chi connectivity index (χ2v) is 5.67. The molecule has 0 aliphatic heterocycles. The highest BCUT2D eigenvalue weighted by atomic mass is 32.1. The van der Waals surface area contributed by atoms with E-state index in [1.165, 1.54) is 6.08 Å². The number of nitrogens with zero attached hydrogens (tertiary/aromatic N) is 2. The Morgan fingerprint density at radius 3 is 3.00 bits per heavy atom. The predicted molar refractivity (Wildman–Crippen MR) is 89.8 cm³/mol. The van der Waals surface area contributed by atoms with Gasteiger partial charge in [-0.2, -0.15) is 0 Å². The van der Waals surface area contributed by atoms with E-state index in [0.29, 0.717) is 18.7 Å². The summed E-state index contributed by atoms with van der Waals surface area (Å²) in [6.07, 6.45) is 7.11. The molecule has 6 heteroatoms. The van der Waals surface area contributed by atoms with Crippen LogP contribution in [-0.4, -0.2) is 22.4 Å². The standard InChI is InChI=1S/C17H15N3O2S/c21-16(7-6-13-4-3-11-22-13)19-10-8-17-20-15(12-23-17)14-5-1-2-9-18-14/h1-7,9,11-12H,8,10H2,(H,19,21). The van der Waals surface area contributed by atoms with E-state index in [1.807, 2.05) is 23.6 Å². The Balaban J connectivity index is 1.48. The average Bonchev–Trinajstić information content (AvgIpc) is 3.26. The van der Waals surface area contributed by atoms with Crippen LogP contribution in [0, 0.1) is 0 Å². The average molecular weight is 325 g/mol. The number of amides is 1. The molecule has 0 unspecified atom stereocenters. The molecule has 0 aliphatic carbocycles. The van der Waals surface area contributed by atoms with E-state index in [4.69, 9.17) is 4.42 Å². The normalized spacial score (nSPS) is 11.0. The number of thiazole rings is 1. The van der Waals surface area contributed by atoms with Gasteiger partial charge in [0.25, 0.3) is 0 Å². The van der Waals surface area contributed by atoms with E-state index >= 15 is 0 Å². The lowest BCUT2D eigenvalue weighted by atomic mass is 10.3. The summed E-state index contributed by atoms with van der Waals surface area (Å²) in [6, 6.07) is 9.31. The molecule has 0 fully saturated rings. The monoisotopic (exact) mass is 325 g/mol. The third-order valence-electron chi connectivity index (χ3n) is 3.06. The van der Waals surface area contributed by atoms with Gasteiger partial charge in [0.2, 0.25) is 5.91 Å². The molecule has 0 bridgehead atoms. The minimum atomic E-state index is -0.150. The molecule has 0 aromatic carbocycles. The predicted octanol–water partition coefficient (Wildman–Crippen LogP) is 3.17. The van der Waals surface area contributed by atoms with Crippen molar-refractivity contribution in [2.24, 2.45) is 0 Å². The fourth-order valence-electron chi connectivity index (χ4n) is 1.95. The van der Waals surface area contributed by atoms with Crippen molar-refractivity contribution in [3.63, 3.8) is 0 Å². The van der Waals surface area contributed by atoms with Crippen LogP contribution < -0.4 is 5.32 Å². The summed E-state index contributed by atoms with van der Waals surface area (Å²) < 4.78 is 5.12. The van der Waals surface area contributed by atoms with E-state index in [1.54, 1.807) is 42.0 Å². The van der Waals surface area contributed by atoms with Crippen molar-refractivity contribution < 1.29 is 9.21 Å². The van der Waals surface area contributed by atoms with Crippen molar-refractivity contribution in [2.75, 3.05) is 6.54 Å². The first kappa shape index (κ1) is 15.2. The summed E-state index contributed by atoms with van der Waals surface area (Å²) in [4.78, 5) is 20.5. The van der Waals surface area contributed by atoms with E-state index in [9.17, 15) is 4.79 Å². The van der Waals surface area contributed by atoms with Gasteiger partial charge in [-0.15, -0.1) is 11.3 Å². The number of hydrogen-bond donors (Lipinski definition) is 1. The quantitative estimate of drug-likeness (QED) is 0.707. The van der Waals surface area contributed by atoms with Gasteiger partial charge in [0.15, 0.2) is 0 Å². The molecule has 0 atom stereocenters. The summed E-state index contributed by atoms with van der Waals surface area (Å²) >= 11 is 1.57. The van der Waals surface area contributed by atoms with Crippen LogP contribution in [-0.2, 0) is 11.2 Å². The van der Waals surface area contributed by atoms with Crippen LogP contribution in [0.2, 0.25) is 0 Å². The summed E-state index contributed by atoms with van der Waals surface area (Å²) in [7, 11) is 0. The van der Waals surface area contributed by atoms with Crippen molar-refractivity contribution in [1.82, 2.24) is 15.3 Å². The van der Waals surface area contributed by atoms with Gasteiger partial charge in [0.1, 0.15) is 5.76 Å². The Morgan fingerprint density at radius 1 is 1.26 bits per heavy atom. The maximum Gasteiger partial charge on any atom is 0.244 e. The molecule has 3 heterocycles. The number of aromatic nitrogens is 2. The van der Waals surface area contributed by atoms with Crippen LogP contribution >= 0.6 is 11.3 Å². The van der Waals surface area contributed by atoms with Crippen molar-refractivity contribution in [3.8, 4) is 11.4 Å². The van der Waals surface area contributed by atoms with E-state index in [0.717, 1.165) is 16.4 Å². The molecule has 0 spiro atoms. The molecular weight excluding hydrogens is 310 g/mol. The first-order valence-electron chi connectivity index (χ1n) is 7.16. The number of carbonyl (C=O) groups excluding carboxylic acids is 1. The third kappa shape index (κ3) is 4.37. The molecule has 23 heavy (non-hydrogen) atoms. The molecule has 3 aromatic rings. The maximum absolute atomic E-state index is 11.7. The molecule has 1 amide bonds. The largest absolute Gasteiger partial charge is 0.465 e. The van der Waals surface area contributed by atoms with Crippen molar-refractivity contribution in [3.05, 3.63) is 65.0 Å². The number of carbonyl (C=O) groups is 1. The second-order valence-electron chi connectivity index (χ2n) is 4.73. The van der Waals surface area contributed by atoms with Crippen LogP contribution in [0.1, 0.15) is 10.8 Å². The lowest BCUT2D eigenvalue weighted by molar-refractivity contribution is -0.116. The van der Waals surface area contributed by atoms with Gasteiger partial charge in [-0.3, -0.25) is 9.78 Å². The van der Waals surface area contributed by atoms with Crippen LogP contribution in [0.5, 0.6) is 0 Å². The first-order chi connectivity index (χ1) is 11.3. The number of furan rings is 1. The van der Waals surface area contributed by atoms with E-state index in [2.05, 4.69) is 15.3 Å². The Bertz CT molecular complexity index is 779. The number of pyridine rings is 1. The third-order valence-corrected chi connectivity index (χ3v) is 3.97. The minimum Gasteiger partial charge on any atom is -0.465 e. The number of rotatable bonds is 6. The molecule has 0 aliphatic rings. The first-order valence-corrected chi connectivity index (χ1v) is 8.04. The lowest BCUT2D eigenvalue weighted by Gasteiger charge is -1.99. The molecule has 116 valence electrons. The molecule has 0 saturated carbocycles. The highest BCUT2D eigenvalue weighted by molar-refractivity contribution is 7.09. The SMILES string of the molecule is O=C(C=Cc1ccco1)NCCc1nc(-c2ccccn2)cs1. The Morgan fingerprint density at radius 2 is 2.22 bits per heavy atom. The van der Waals surface area contributed by atoms with Crippen molar-refractivity contribution >= 4 is 23.3 Å².